The Hall–Kier alpha value is -2.11. The molecule has 6 nitrogen and oxygen atoms in total. The zero-order chi connectivity index (χ0) is 13.1. The number of nitrogens with zero attached hydrogens (tertiary/aromatic N) is 2. The molecule has 2 rings (SSSR count). The third-order valence-corrected chi connectivity index (χ3v) is 2.91. The van der Waals surface area contributed by atoms with E-state index in [1.54, 1.807) is 6.20 Å². The van der Waals surface area contributed by atoms with Crippen molar-refractivity contribution < 1.29 is 9.32 Å². The van der Waals surface area contributed by atoms with E-state index in [9.17, 15) is 4.79 Å². The summed E-state index contributed by atoms with van der Waals surface area (Å²) in [7, 11) is 0. The van der Waals surface area contributed by atoms with Crippen LogP contribution in [-0.4, -0.2) is 27.8 Å². The monoisotopic (exact) mass is 248 g/mol. The second-order valence-corrected chi connectivity index (χ2v) is 4.34. The second-order valence-electron chi connectivity index (χ2n) is 4.34. The Morgan fingerprint density at radius 3 is 2.89 bits per heavy atom. The number of hydrogen-bond acceptors (Lipinski definition) is 4. The van der Waals surface area contributed by atoms with Crippen molar-refractivity contribution in [2.75, 3.05) is 6.54 Å². The van der Waals surface area contributed by atoms with Crippen LogP contribution in [0.2, 0.25) is 0 Å². The van der Waals surface area contributed by atoms with Crippen LogP contribution in [0.3, 0.4) is 0 Å². The van der Waals surface area contributed by atoms with Gasteiger partial charge in [-0.1, -0.05) is 12.1 Å². The van der Waals surface area contributed by atoms with Crippen LogP contribution in [0.15, 0.2) is 16.9 Å². The second kappa shape index (κ2) is 5.03. The van der Waals surface area contributed by atoms with Gasteiger partial charge in [-0.15, -0.1) is 0 Å². The predicted molar refractivity (Wildman–Crippen MR) is 65.3 cm³/mol. The zero-order valence-corrected chi connectivity index (χ0v) is 10.7. The molecule has 2 aromatic heterocycles. The molecular weight excluding hydrogens is 232 g/mol. The van der Waals surface area contributed by atoms with Crippen molar-refractivity contribution in [3.05, 3.63) is 35.0 Å². The van der Waals surface area contributed by atoms with Gasteiger partial charge in [0.1, 0.15) is 5.76 Å². The van der Waals surface area contributed by atoms with E-state index in [4.69, 9.17) is 4.52 Å². The molecular formula is C12H16N4O2. The van der Waals surface area contributed by atoms with Crippen LogP contribution in [0.4, 0.5) is 0 Å². The number of hydrogen-bond donors (Lipinski definition) is 2. The highest BCUT2D eigenvalue weighted by Gasteiger charge is 2.17. The van der Waals surface area contributed by atoms with Crippen LogP contribution in [0.25, 0.3) is 0 Å². The zero-order valence-electron chi connectivity index (χ0n) is 10.7. The fraction of sp³-hybridized carbons (Fsp3) is 0.417. The van der Waals surface area contributed by atoms with Crippen molar-refractivity contribution in [2.45, 2.75) is 26.7 Å². The topological polar surface area (TPSA) is 83.8 Å². The lowest BCUT2D eigenvalue weighted by atomic mass is 9.99. The smallest absolute Gasteiger partial charge is 0.254 e. The highest BCUT2D eigenvalue weighted by molar-refractivity contribution is 5.93. The van der Waals surface area contributed by atoms with Crippen molar-refractivity contribution >= 4 is 5.91 Å². The van der Waals surface area contributed by atoms with Crippen molar-refractivity contribution in [2.24, 2.45) is 0 Å². The number of nitrogens with one attached hydrogen (secondary N) is 2. The van der Waals surface area contributed by atoms with E-state index in [1.807, 2.05) is 20.8 Å². The number of aryl methyl sites for hydroxylation is 2. The van der Waals surface area contributed by atoms with E-state index in [2.05, 4.69) is 20.7 Å². The summed E-state index contributed by atoms with van der Waals surface area (Å²) in [5.74, 6) is 0.826. The molecule has 0 aliphatic carbocycles. The van der Waals surface area contributed by atoms with Crippen LogP contribution < -0.4 is 5.32 Å². The van der Waals surface area contributed by atoms with Crippen LogP contribution in [-0.2, 0) is 0 Å². The van der Waals surface area contributed by atoms with Gasteiger partial charge in [0.05, 0.1) is 17.5 Å². The van der Waals surface area contributed by atoms with Gasteiger partial charge in [0.25, 0.3) is 5.91 Å². The molecule has 96 valence electrons. The Labute approximate surface area is 105 Å². The van der Waals surface area contributed by atoms with Crippen LogP contribution in [0, 0.1) is 13.8 Å². The third kappa shape index (κ3) is 2.42. The molecule has 1 atom stereocenters. The van der Waals surface area contributed by atoms with E-state index in [1.165, 1.54) is 6.20 Å². The van der Waals surface area contributed by atoms with Crippen molar-refractivity contribution in [3.63, 3.8) is 0 Å². The Kier molecular flexibility index (Phi) is 3.45. The van der Waals surface area contributed by atoms with Gasteiger partial charge in [-0.3, -0.25) is 9.89 Å². The molecule has 2 heterocycles. The summed E-state index contributed by atoms with van der Waals surface area (Å²) in [4.78, 5) is 11.7. The molecule has 0 saturated carbocycles. The lowest BCUT2D eigenvalue weighted by Crippen LogP contribution is -2.27. The van der Waals surface area contributed by atoms with Crippen molar-refractivity contribution in [3.8, 4) is 0 Å². The fourth-order valence-corrected chi connectivity index (χ4v) is 2.02. The molecule has 0 bridgehead atoms. The minimum Gasteiger partial charge on any atom is -0.361 e. The number of rotatable bonds is 4. The minimum absolute atomic E-state index is 0.137. The first-order chi connectivity index (χ1) is 8.59. The van der Waals surface area contributed by atoms with Gasteiger partial charge in [-0.25, -0.2) is 0 Å². The van der Waals surface area contributed by atoms with Crippen LogP contribution in [0.1, 0.15) is 40.2 Å². The SMILES string of the molecule is Cc1noc(C)c1C(C)CNC(=O)c1cn[nH]c1. The molecule has 0 saturated heterocycles. The molecule has 0 fully saturated rings. The highest BCUT2D eigenvalue weighted by atomic mass is 16.5. The number of aromatic nitrogens is 3. The molecule has 2 N–H and O–H groups in total. The quantitative estimate of drug-likeness (QED) is 0.859. The first kappa shape index (κ1) is 12.3. The molecule has 0 spiro atoms. The average molecular weight is 248 g/mol. The molecule has 6 heteroatoms. The first-order valence-corrected chi connectivity index (χ1v) is 5.79. The standard InChI is InChI=1S/C12H16N4O2/c1-7(11-8(2)16-18-9(11)3)4-13-12(17)10-5-14-15-6-10/h5-7H,4H2,1-3H3,(H,13,17)(H,14,15). The maximum Gasteiger partial charge on any atom is 0.254 e. The highest BCUT2D eigenvalue weighted by Crippen LogP contribution is 2.22. The van der Waals surface area contributed by atoms with Gasteiger partial charge >= 0.3 is 0 Å². The van der Waals surface area contributed by atoms with Crippen LogP contribution >= 0.6 is 0 Å². The number of carbonyl (C=O) groups excluding carboxylic acids is 1. The van der Waals surface area contributed by atoms with E-state index >= 15 is 0 Å². The summed E-state index contributed by atoms with van der Waals surface area (Å²) in [6.45, 7) is 6.35. The predicted octanol–water partition coefficient (Wildman–Crippen LogP) is 1.55. The summed E-state index contributed by atoms with van der Waals surface area (Å²) in [5.41, 5.74) is 2.46. The largest absolute Gasteiger partial charge is 0.361 e. The number of carbonyl (C=O) groups is 1. The van der Waals surface area contributed by atoms with E-state index in [0.29, 0.717) is 12.1 Å². The fourth-order valence-electron chi connectivity index (χ4n) is 2.02. The molecule has 18 heavy (non-hydrogen) atoms. The van der Waals surface area contributed by atoms with Crippen LogP contribution in [0.5, 0.6) is 0 Å². The van der Waals surface area contributed by atoms with E-state index in [-0.39, 0.29) is 11.8 Å². The normalized spacial score (nSPS) is 12.4. The van der Waals surface area contributed by atoms with Gasteiger partial charge in [-0.2, -0.15) is 5.10 Å². The molecule has 1 unspecified atom stereocenters. The lowest BCUT2D eigenvalue weighted by molar-refractivity contribution is 0.0951. The van der Waals surface area contributed by atoms with Gasteiger partial charge in [0.15, 0.2) is 0 Å². The summed E-state index contributed by atoms with van der Waals surface area (Å²) < 4.78 is 5.12. The maximum atomic E-state index is 11.7. The van der Waals surface area contributed by atoms with Gasteiger partial charge in [0.2, 0.25) is 0 Å². The molecule has 2 aromatic rings. The number of amides is 1. The van der Waals surface area contributed by atoms with E-state index in [0.717, 1.165) is 17.0 Å². The Bertz CT molecular complexity index is 511. The molecule has 1 amide bonds. The Balaban J connectivity index is 1.97. The minimum atomic E-state index is -0.137. The molecule has 0 radical (unpaired) electrons. The summed E-state index contributed by atoms with van der Waals surface area (Å²) in [6, 6.07) is 0. The average Bonchev–Trinajstić information content (AvgIpc) is 2.96. The Morgan fingerprint density at radius 2 is 2.33 bits per heavy atom. The molecule has 0 aliphatic heterocycles. The van der Waals surface area contributed by atoms with E-state index < -0.39 is 0 Å². The third-order valence-electron chi connectivity index (χ3n) is 2.91. The molecule has 0 aliphatic rings. The maximum absolute atomic E-state index is 11.7. The molecule has 0 aromatic carbocycles. The number of aromatic amines is 1. The lowest BCUT2D eigenvalue weighted by Gasteiger charge is -2.11. The van der Waals surface area contributed by atoms with Gasteiger partial charge in [0, 0.05) is 24.2 Å². The van der Waals surface area contributed by atoms with Gasteiger partial charge in [-0.05, 0) is 13.8 Å². The summed E-state index contributed by atoms with van der Waals surface area (Å²) in [5, 5.41) is 13.1. The first-order valence-electron chi connectivity index (χ1n) is 5.79. The number of H-pyrrole nitrogens is 1. The summed E-state index contributed by atoms with van der Waals surface area (Å²) >= 11 is 0. The van der Waals surface area contributed by atoms with Gasteiger partial charge < -0.3 is 9.84 Å². The van der Waals surface area contributed by atoms with Crippen molar-refractivity contribution in [1.29, 1.82) is 0 Å². The van der Waals surface area contributed by atoms with Crippen molar-refractivity contribution in [1.82, 2.24) is 20.7 Å². The summed E-state index contributed by atoms with van der Waals surface area (Å²) in [6.07, 6.45) is 3.06. The Morgan fingerprint density at radius 1 is 1.56 bits per heavy atom.